The number of nitrogens with zero attached hydrogens (tertiary/aromatic N) is 1. The van der Waals surface area contributed by atoms with E-state index in [9.17, 15) is 22.9 Å². The summed E-state index contributed by atoms with van der Waals surface area (Å²) in [5, 5.41) is 14.6. The Morgan fingerprint density at radius 3 is 2.50 bits per heavy atom. The molecule has 2 aromatic carbocycles. The molecule has 1 N–H and O–H groups in total. The highest BCUT2D eigenvalue weighted by atomic mass is 32.2. The van der Waals surface area contributed by atoms with Crippen LogP contribution in [0.3, 0.4) is 0 Å². The molecule has 1 fully saturated rings. The Balaban J connectivity index is 1.98. The van der Waals surface area contributed by atoms with E-state index >= 15 is 0 Å². The quantitative estimate of drug-likeness (QED) is 0.582. The van der Waals surface area contributed by atoms with Gasteiger partial charge in [-0.15, -0.1) is 0 Å². The number of halogens is 1. The third-order valence-electron chi connectivity index (χ3n) is 5.09. The number of sulfone groups is 1. The summed E-state index contributed by atoms with van der Waals surface area (Å²) in [7, 11) is -3.77. The maximum Gasteiger partial charge on any atom is 0.310 e. The summed E-state index contributed by atoms with van der Waals surface area (Å²) in [5.41, 5.74) is -0.0538. The van der Waals surface area contributed by atoms with E-state index < -0.39 is 25.9 Å². The number of hydrogen-bond acceptors (Lipinski definition) is 6. The SMILES string of the molecule is CS(=O)(=O)c1cccc(NCC2(c3cccc(F)c3)CCOCC2)c1[N+](=O)[O-]. The molecule has 7 nitrogen and oxygen atoms in total. The first-order chi connectivity index (χ1) is 13.2. The van der Waals surface area contributed by atoms with Gasteiger partial charge in [-0.2, -0.15) is 0 Å². The van der Waals surface area contributed by atoms with Crippen LogP contribution in [0.2, 0.25) is 0 Å². The zero-order valence-electron chi connectivity index (χ0n) is 15.4. The van der Waals surface area contributed by atoms with Crippen molar-refractivity contribution in [3.8, 4) is 0 Å². The summed E-state index contributed by atoms with van der Waals surface area (Å²) < 4.78 is 43.1. The van der Waals surface area contributed by atoms with Crippen LogP contribution in [0.5, 0.6) is 0 Å². The smallest absolute Gasteiger partial charge is 0.310 e. The summed E-state index contributed by atoms with van der Waals surface area (Å²) >= 11 is 0. The summed E-state index contributed by atoms with van der Waals surface area (Å²) in [6.07, 6.45) is 2.16. The molecule has 1 aliphatic rings. The number of para-hydroxylation sites is 1. The first-order valence-electron chi connectivity index (χ1n) is 8.78. The highest BCUT2D eigenvalue weighted by Gasteiger charge is 2.36. The Morgan fingerprint density at radius 1 is 1.21 bits per heavy atom. The zero-order chi connectivity index (χ0) is 20.4. The fourth-order valence-corrected chi connectivity index (χ4v) is 4.43. The molecule has 9 heteroatoms. The van der Waals surface area contributed by atoms with Gasteiger partial charge in [0.25, 0.3) is 0 Å². The van der Waals surface area contributed by atoms with E-state index in [1.165, 1.54) is 30.3 Å². The minimum absolute atomic E-state index is 0.121. The normalized spacial score (nSPS) is 16.5. The van der Waals surface area contributed by atoms with Crippen LogP contribution in [0.4, 0.5) is 15.8 Å². The monoisotopic (exact) mass is 408 g/mol. The summed E-state index contributed by atoms with van der Waals surface area (Å²) in [6.45, 7) is 1.27. The van der Waals surface area contributed by atoms with Gasteiger partial charge < -0.3 is 10.1 Å². The van der Waals surface area contributed by atoms with E-state index in [0.717, 1.165) is 11.8 Å². The average molecular weight is 408 g/mol. The second kappa shape index (κ2) is 7.84. The van der Waals surface area contributed by atoms with Crippen molar-refractivity contribution >= 4 is 21.2 Å². The Morgan fingerprint density at radius 2 is 1.89 bits per heavy atom. The van der Waals surface area contributed by atoms with Crippen LogP contribution in [0.1, 0.15) is 18.4 Å². The van der Waals surface area contributed by atoms with Crippen molar-refractivity contribution in [3.05, 3.63) is 64.0 Å². The Kier molecular flexibility index (Phi) is 5.66. The number of nitro groups is 1. The molecule has 150 valence electrons. The number of ether oxygens (including phenoxy) is 1. The molecule has 1 aliphatic heterocycles. The summed E-state index contributed by atoms with van der Waals surface area (Å²) in [5.74, 6) is -0.353. The van der Waals surface area contributed by atoms with Crippen LogP contribution in [0.15, 0.2) is 47.4 Å². The molecule has 2 aromatic rings. The average Bonchev–Trinajstić information content (AvgIpc) is 2.66. The lowest BCUT2D eigenvalue weighted by atomic mass is 9.74. The fraction of sp³-hybridized carbons (Fsp3) is 0.368. The number of nitrogens with one attached hydrogen (secondary N) is 1. The van der Waals surface area contributed by atoms with Gasteiger partial charge in [0, 0.05) is 31.4 Å². The van der Waals surface area contributed by atoms with Gasteiger partial charge in [-0.1, -0.05) is 18.2 Å². The van der Waals surface area contributed by atoms with Crippen molar-refractivity contribution < 1.29 is 22.5 Å². The van der Waals surface area contributed by atoms with Gasteiger partial charge in [0.05, 0.1) is 4.92 Å². The number of hydrogen-bond donors (Lipinski definition) is 1. The van der Waals surface area contributed by atoms with E-state index in [-0.39, 0.29) is 22.9 Å². The van der Waals surface area contributed by atoms with E-state index in [2.05, 4.69) is 5.32 Å². The molecule has 0 bridgehead atoms. The van der Waals surface area contributed by atoms with Gasteiger partial charge >= 0.3 is 5.69 Å². The molecule has 0 unspecified atom stereocenters. The predicted molar refractivity (Wildman–Crippen MR) is 103 cm³/mol. The lowest BCUT2D eigenvalue weighted by molar-refractivity contribution is -0.386. The lowest BCUT2D eigenvalue weighted by Crippen LogP contribution is -2.40. The van der Waals surface area contributed by atoms with Gasteiger partial charge in [0.1, 0.15) is 16.4 Å². The van der Waals surface area contributed by atoms with E-state index in [4.69, 9.17) is 4.74 Å². The standard InChI is InChI=1S/C19H21FN2O5S/c1-28(25,26)17-7-3-6-16(18(17)22(23)24)21-13-19(8-10-27-11-9-19)14-4-2-5-15(20)12-14/h2-7,12,21H,8-11,13H2,1H3. The van der Waals surface area contributed by atoms with Crippen LogP contribution < -0.4 is 5.32 Å². The fourth-order valence-electron chi connectivity index (χ4n) is 3.56. The maximum absolute atomic E-state index is 13.8. The Hall–Kier alpha value is -2.52. The molecule has 0 amide bonds. The van der Waals surface area contributed by atoms with E-state index in [0.29, 0.717) is 26.1 Å². The number of rotatable bonds is 6. The molecule has 28 heavy (non-hydrogen) atoms. The van der Waals surface area contributed by atoms with Crippen molar-refractivity contribution in [1.29, 1.82) is 0 Å². The largest absolute Gasteiger partial charge is 0.381 e. The van der Waals surface area contributed by atoms with Crippen LogP contribution in [-0.4, -0.2) is 39.4 Å². The number of anilines is 1. The van der Waals surface area contributed by atoms with Gasteiger partial charge in [-0.05, 0) is 42.7 Å². The predicted octanol–water partition coefficient (Wildman–Crippen LogP) is 3.30. The number of benzene rings is 2. The highest BCUT2D eigenvalue weighted by Crippen LogP contribution is 2.37. The maximum atomic E-state index is 13.8. The van der Waals surface area contributed by atoms with Crippen molar-refractivity contribution in [1.82, 2.24) is 0 Å². The molecule has 0 aliphatic carbocycles. The summed E-state index contributed by atoms with van der Waals surface area (Å²) in [4.78, 5) is 10.5. The summed E-state index contributed by atoms with van der Waals surface area (Å²) in [6, 6.07) is 10.5. The van der Waals surface area contributed by atoms with Crippen LogP contribution in [-0.2, 0) is 20.0 Å². The van der Waals surface area contributed by atoms with Crippen molar-refractivity contribution in [3.63, 3.8) is 0 Å². The second-order valence-corrected chi connectivity index (χ2v) is 8.92. The molecular weight excluding hydrogens is 387 g/mol. The minimum atomic E-state index is -3.77. The molecule has 0 atom stereocenters. The molecule has 0 aromatic heterocycles. The number of nitro benzene ring substituents is 1. The molecule has 0 radical (unpaired) electrons. The molecule has 1 heterocycles. The highest BCUT2D eigenvalue weighted by molar-refractivity contribution is 7.90. The third kappa shape index (κ3) is 4.15. The topological polar surface area (TPSA) is 98.5 Å². The van der Waals surface area contributed by atoms with Gasteiger partial charge in [0.15, 0.2) is 9.84 Å². The zero-order valence-corrected chi connectivity index (χ0v) is 16.2. The molecular formula is C19H21FN2O5S. The van der Waals surface area contributed by atoms with Crippen LogP contribution in [0, 0.1) is 15.9 Å². The molecule has 1 saturated heterocycles. The first kappa shape index (κ1) is 20.2. The van der Waals surface area contributed by atoms with Crippen molar-refractivity contribution in [2.45, 2.75) is 23.2 Å². The first-order valence-corrected chi connectivity index (χ1v) is 10.7. The van der Waals surface area contributed by atoms with Gasteiger partial charge in [-0.25, -0.2) is 12.8 Å². The van der Waals surface area contributed by atoms with Gasteiger partial charge in [-0.3, -0.25) is 10.1 Å². The van der Waals surface area contributed by atoms with Crippen molar-refractivity contribution in [2.75, 3.05) is 31.3 Å². The molecule has 0 saturated carbocycles. The minimum Gasteiger partial charge on any atom is -0.381 e. The second-order valence-electron chi connectivity index (χ2n) is 6.94. The molecule has 0 spiro atoms. The lowest BCUT2D eigenvalue weighted by Gasteiger charge is -2.38. The van der Waals surface area contributed by atoms with Gasteiger partial charge in [0.2, 0.25) is 0 Å². The molecule has 3 rings (SSSR count). The Labute approximate surface area is 162 Å². The van der Waals surface area contributed by atoms with E-state index in [1.807, 2.05) is 6.07 Å². The van der Waals surface area contributed by atoms with E-state index in [1.54, 1.807) is 6.07 Å². The Bertz CT molecular complexity index is 988. The third-order valence-corrected chi connectivity index (χ3v) is 6.21. The van der Waals surface area contributed by atoms with Crippen LogP contribution >= 0.6 is 0 Å². The van der Waals surface area contributed by atoms with Crippen molar-refractivity contribution in [2.24, 2.45) is 0 Å². The van der Waals surface area contributed by atoms with Crippen LogP contribution in [0.25, 0.3) is 0 Å².